The number of rotatable bonds is 9. The number of thioether (sulfide) groups is 1. The first-order valence-corrected chi connectivity index (χ1v) is 15.3. The number of hydrogen-bond acceptors (Lipinski definition) is 4. The van der Waals surface area contributed by atoms with Gasteiger partial charge in [-0.2, -0.15) is 0 Å². The van der Waals surface area contributed by atoms with Gasteiger partial charge in [-0.3, -0.25) is 0 Å². The number of methoxy groups -OCH3 is 1. The van der Waals surface area contributed by atoms with Crippen LogP contribution >= 0.6 is 11.8 Å². The van der Waals surface area contributed by atoms with Gasteiger partial charge in [-0.15, -0.1) is 11.8 Å². The molecule has 5 heteroatoms. The highest BCUT2D eigenvalue weighted by molar-refractivity contribution is 7.98. The lowest BCUT2D eigenvalue weighted by atomic mass is 10.00. The molecule has 1 aromatic heterocycles. The molecule has 0 radical (unpaired) electrons. The number of aromatic nitrogens is 1. The van der Waals surface area contributed by atoms with Crippen LogP contribution < -0.4 is 4.74 Å². The Hall–Kier alpha value is -1.56. The van der Waals surface area contributed by atoms with E-state index in [2.05, 4.69) is 82.6 Å². The topological polar surface area (TPSA) is 31.4 Å². The van der Waals surface area contributed by atoms with Crippen LogP contribution in [0.15, 0.2) is 47.4 Å². The number of nitrogens with zero attached hydrogens (tertiary/aromatic N) is 1. The summed E-state index contributed by atoms with van der Waals surface area (Å²) in [6.45, 7) is 12.2. The highest BCUT2D eigenvalue weighted by atomic mass is 32.2. The van der Waals surface area contributed by atoms with Crippen molar-refractivity contribution >= 4 is 25.7 Å². The zero-order valence-corrected chi connectivity index (χ0v) is 21.9. The minimum atomic E-state index is -1.74. The van der Waals surface area contributed by atoms with E-state index in [1.54, 1.807) is 18.9 Å². The first kappa shape index (κ1) is 24.1. The average molecular weight is 456 g/mol. The summed E-state index contributed by atoms with van der Waals surface area (Å²) in [5, 5.41) is 0.223. The Morgan fingerprint density at radius 2 is 1.81 bits per heavy atom. The Labute approximate surface area is 193 Å². The predicted molar refractivity (Wildman–Crippen MR) is 136 cm³/mol. The van der Waals surface area contributed by atoms with Crippen molar-refractivity contribution in [1.82, 2.24) is 4.98 Å². The van der Waals surface area contributed by atoms with Crippen molar-refractivity contribution < 1.29 is 9.16 Å². The summed E-state index contributed by atoms with van der Waals surface area (Å²) in [6, 6.07) is 13.1. The molecule has 0 aliphatic heterocycles. The monoisotopic (exact) mass is 455 g/mol. The summed E-state index contributed by atoms with van der Waals surface area (Å²) in [4.78, 5) is 6.17. The van der Waals surface area contributed by atoms with Crippen LogP contribution in [-0.2, 0) is 4.43 Å². The molecule has 0 atom stereocenters. The predicted octanol–water partition coefficient (Wildman–Crippen LogP) is 7.53. The van der Waals surface area contributed by atoms with Gasteiger partial charge in [0.1, 0.15) is 0 Å². The van der Waals surface area contributed by atoms with Gasteiger partial charge >= 0.3 is 0 Å². The van der Waals surface area contributed by atoms with E-state index in [4.69, 9.17) is 14.1 Å². The standard InChI is InChI=1S/C26H37NO2SSi/c1-26(2,3)31(6,7)29-18-8-9-22(19-12-14-21(30-5)15-13-19)24-17-16-23(20-10-11-20)25(27-24)28-4/h9,12-17,20H,8,10-11,18H2,1-7H3/b22-9+. The van der Waals surface area contributed by atoms with E-state index in [1.165, 1.54) is 28.9 Å². The fourth-order valence-corrected chi connectivity index (χ4v) is 4.81. The van der Waals surface area contributed by atoms with Gasteiger partial charge in [-0.05, 0) is 73.3 Å². The van der Waals surface area contributed by atoms with E-state index < -0.39 is 8.32 Å². The zero-order valence-electron chi connectivity index (χ0n) is 20.1. The van der Waals surface area contributed by atoms with Gasteiger partial charge in [0.05, 0.1) is 12.8 Å². The van der Waals surface area contributed by atoms with Crippen molar-refractivity contribution in [2.45, 2.75) is 69.0 Å². The lowest BCUT2D eigenvalue weighted by Crippen LogP contribution is -2.40. The lowest BCUT2D eigenvalue weighted by molar-refractivity contribution is 0.294. The fourth-order valence-electron chi connectivity index (χ4n) is 3.34. The molecule has 0 spiro atoms. The molecule has 0 bridgehead atoms. The van der Waals surface area contributed by atoms with Crippen molar-refractivity contribution in [3.05, 3.63) is 59.3 Å². The van der Waals surface area contributed by atoms with Crippen LogP contribution in [0.4, 0.5) is 0 Å². The van der Waals surface area contributed by atoms with E-state index in [1.807, 2.05) is 0 Å². The normalized spacial score (nSPS) is 15.3. The van der Waals surface area contributed by atoms with Crippen LogP contribution in [0.25, 0.3) is 5.57 Å². The number of hydrogen-bond donors (Lipinski definition) is 0. The molecule has 3 rings (SSSR count). The third-order valence-electron chi connectivity index (χ3n) is 6.51. The molecule has 1 aliphatic rings. The summed E-state index contributed by atoms with van der Waals surface area (Å²) in [5.74, 6) is 1.38. The Bertz CT molecular complexity index is 912. The summed E-state index contributed by atoms with van der Waals surface area (Å²) in [6.07, 6.45) is 7.72. The lowest BCUT2D eigenvalue weighted by Gasteiger charge is -2.36. The van der Waals surface area contributed by atoms with Gasteiger partial charge in [-0.25, -0.2) is 4.98 Å². The molecule has 0 unspecified atom stereocenters. The second-order valence-corrected chi connectivity index (χ2v) is 15.5. The number of pyridine rings is 1. The van der Waals surface area contributed by atoms with Gasteiger partial charge in [0.2, 0.25) is 5.88 Å². The Morgan fingerprint density at radius 1 is 1.13 bits per heavy atom. The molecule has 3 nitrogen and oxygen atoms in total. The number of ether oxygens (including phenoxy) is 1. The Kier molecular flexibility index (Phi) is 7.71. The minimum absolute atomic E-state index is 0.223. The molecule has 1 aromatic carbocycles. The van der Waals surface area contributed by atoms with Crippen LogP contribution in [-0.4, -0.2) is 33.3 Å². The Balaban J connectivity index is 1.87. The van der Waals surface area contributed by atoms with Gasteiger partial charge in [-0.1, -0.05) is 45.0 Å². The fraction of sp³-hybridized carbons (Fsp3) is 0.500. The van der Waals surface area contributed by atoms with Crippen LogP contribution in [0.5, 0.6) is 5.88 Å². The molecule has 168 valence electrons. The average Bonchev–Trinajstić information content (AvgIpc) is 3.58. The molecule has 0 saturated heterocycles. The summed E-state index contributed by atoms with van der Waals surface area (Å²) in [5.41, 5.74) is 4.53. The third-order valence-corrected chi connectivity index (χ3v) is 11.8. The highest BCUT2D eigenvalue weighted by Gasteiger charge is 2.36. The van der Waals surface area contributed by atoms with Crippen LogP contribution in [0.3, 0.4) is 0 Å². The molecule has 1 aliphatic carbocycles. The number of benzene rings is 1. The first-order valence-electron chi connectivity index (χ1n) is 11.2. The molecular weight excluding hydrogens is 418 g/mol. The Morgan fingerprint density at radius 3 is 2.35 bits per heavy atom. The van der Waals surface area contributed by atoms with Crippen molar-refractivity contribution in [3.63, 3.8) is 0 Å². The molecule has 1 heterocycles. The van der Waals surface area contributed by atoms with Gasteiger partial charge in [0, 0.05) is 22.6 Å². The summed E-state index contributed by atoms with van der Waals surface area (Å²) in [7, 11) is -0.0195. The minimum Gasteiger partial charge on any atom is -0.481 e. The van der Waals surface area contributed by atoms with Gasteiger partial charge in [0.25, 0.3) is 0 Å². The molecule has 0 amide bonds. The van der Waals surface area contributed by atoms with Crippen LogP contribution in [0.1, 0.15) is 62.8 Å². The maximum absolute atomic E-state index is 6.40. The van der Waals surface area contributed by atoms with E-state index in [-0.39, 0.29) is 5.04 Å². The van der Waals surface area contributed by atoms with Crippen molar-refractivity contribution in [2.24, 2.45) is 0 Å². The molecule has 0 N–H and O–H groups in total. The van der Waals surface area contributed by atoms with Crippen molar-refractivity contribution in [1.29, 1.82) is 0 Å². The highest BCUT2D eigenvalue weighted by Crippen LogP contribution is 2.44. The van der Waals surface area contributed by atoms with Crippen LogP contribution in [0.2, 0.25) is 18.1 Å². The summed E-state index contributed by atoms with van der Waals surface area (Å²) >= 11 is 1.76. The van der Waals surface area contributed by atoms with Crippen LogP contribution in [0, 0.1) is 0 Å². The zero-order chi connectivity index (χ0) is 22.6. The molecule has 1 fully saturated rings. The van der Waals surface area contributed by atoms with Gasteiger partial charge < -0.3 is 9.16 Å². The second-order valence-electron chi connectivity index (χ2n) is 9.81. The quantitative estimate of drug-likeness (QED) is 0.222. The molecule has 2 aromatic rings. The van der Waals surface area contributed by atoms with E-state index in [0.717, 1.165) is 30.2 Å². The second kappa shape index (κ2) is 9.93. The van der Waals surface area contributed by atoms with E-state index in [9.17, 15) is 0 Å². The molecule has 31 heavy (non-hydrogen) atoms. The first-order chi connectivity index (χ1) is 14.7. The molecular formula is C26H37NO2SSi. The summed E-state index contributed by atoms with van der Waals surface area (Å²) < 4.78 is 12.1. The maximum Gasteiger partial charge on any atom is 0.217 e. The maximum atomic E-state index is 6.40. The van der Waals surface area contributed by atoms with Crippen molar-refractivity contribution in [2.75, 3.05) is 20.0 Å². The van der Waals surface area contributed by atoms with Gasteiger partial charge in [0.15, 0.2) is 8.32 Å². The molecule has 1 saturated carbocycles. The largest absolute Gasteiger partial charge is 0.481 e. The third kappa shape index (κ3) is 6.02. The van der Waals surface area contributed by atoms with E-state index >= 15 is 0 Å². The smallest absolute Gasteiger partial charge is 0.217 e. The van der Waals surface area contributed by atoms with E-state index in [0.29, 0.717) is 5.92 Å². The van der Waals surface area contributed by atoms with Crippen molar-refractivity contribution in [3.8, 4) is 5.88 Å². The SMILES string of the molecule is COc1nc(/C(=C/CCO[Si](C)(C)C(C)(C)C)c2ccc(SC)cc2)ccc1C1CC1.